The molecular formula is C10H18O4. The summed E-state index contributed by atoms with van der Waals surface area (Å²) in [5.74, 6) is -1.60. The fraction of sp³-hybridized carbons (Fsp3) is 0.900. The third-order valence-electron chi connectivity index (χ3n) is 2.67. The second kappa shape index (κ2) is 5.32. The molecule has 3 unspecified atom stereocenters. The largest absolute Gasteiger partial charge is 0.481 e. The Hall–Kier alpha value is -0.610. The van der Waals surface area contributed by atoms with Crippen LogP contribution in [0.4, 0.5) is 0 Å². The van der Waals surface area contributed by atoms with Gasteiger partial charge in [-0.25, -0.2) is 0 Å². The fourth-order valence-electron chi connectivity index (χ4n) is 1.88. The molecule has 1 aliphatic rings. The molecule has 0 spiro atoms. The molecular weight excluding hydrogens is 184 g/mol. The van der Waals surface area contributed by atoms with Crippen molar-refractivity contribution in [1.29, 1.82) is 0 Å². The average molecular weight is 202 g/mol. The first-order valence-corrected chi connectivity index (χ1v) is 5.19. The summed E-state index contributed by atoms with van der Waals surface area (Å²) in [5, 5.41) is 18.7. The van der Waals surface area contributed by atoms with Gasteiger partial charge in [0.05, 0.1) is 18.1 Å². The van der Waals surface area contributed by atoms with Crippen LogP contribution in [-0.4, -0.2) is 35.0 Å². The van der Waals surface area contributed by atoms with Gasteiger partial charge in [-0.2, -0.15) is 0 Å². The second-order valence-corrected chi connectivity index (χ2v) is 3.78. The Morgan fingerprint density at radius 1 is 1.64 bits per heavy atom. The van der Waals surface area contributed by atoms with Crippen LogP contribution in [0.2, 0.25) is 0 Å². The van der Waals surface area contributed by atoms with E-state index >= 15 is 0 Å². The summed E-state index contributed by atoms with van der Waals surface area (Å²) in [6.45, 7) is 2.55. The monoisotopic (exact) mass is 202 g/mol. The highest BCUT2D eigenvalue weighted by atomic mass is 16.5. The Bertz CT molecular complexity index is 187. The second-order valence-electron chi connectivity index (χ2n) is 3.78. The van der Waals surface area contributed by atoms with E-state index < -0.39 is 18.0 Å². The number of rotatable bonds is 5. The number of carbonyl (C=O) groups is 1. The first kappa shape index (κ1) is 11.5. The summed E-state index contributed by atoms with van der Waals surface area (Å²) >= 11 is 0. The number of aliphatic hydroxyl groups excluding tert-OH is 1. The Morgan fingerprint density at radius 3 is 2.79 bits per heavy atom. The van der Waals surface area contributed by atoms with Crippen molar-refractivity contribution in [2.45, 2.75) is 44.8 Å². The Balaban J connectivity index is 2.52. The molecule has 0 amide bonds. The molecule has 1 fully saturated rings. The van der Waals surface area contributed by atoms with Gasteiger partial charge in [-0.3, -0.25) is 4.79 Å². The van der Waals surface area contributed by atoms with Crippen molar-refractivity contribution in [2.75, 3.05) is 6.61 Å². The Kier molecular flexibility index (Phi) is 4.35. The lowest BCUT2D eigenvalue weighted by Gasteiger charge is -2.23. The van der Waals surface area contributed by atoms with Gasteiger partial charge in [0.15, 0.2) is 0 Å². The summed E-state index contributed by atoms with van der Waals surface area (Å²) in [6, 6.07) is 0. The van der Waals surface area contributed by atoms with Crippen molar-refractivity contribution < 1.29 is 19.7 Å². The van der Waals surface area contributed by atoms with E-state index in [4.69, 9.17) is 9.84 Å². The van der Waals surface area contributed by atoms with Crippen molar-refractivity contribution in [1.82, 2.24) is 0 Å². The third-order valence-corrected chi connectivity index (χ3v) is 2.67. The highest BCUT2D eigenvalue weighted by Gasteiger charge is 2.34. The maximum absolute atomic E-state index is 10.9. The minimum Gasteiger partial charge on any atom is -0.481 e. The zero-order valence-corrected chi connectivity index (χ0v) is 8.48. The van der Waals surface area contributed by atoms with Crippen LogP contribution in [0.15, 0.2) is 0 Å². The first-order chi connectivity index (χ1) is 6.66. The zero-order valence-electron chi connectivity index (χ0n) is 8.48. The van der Waals surface area contributed by atoms with Crippen LogP contribution in [0.1, 0.15) is 32.6 Å². The van der Waals surface area contributed by atoms with Crippen LogP contribution in [0.3, 0.4) is 0 Å². The Morgan fingerprint density at radius 2 is 2.36 bits per heavy atom. The van der Waals surface area contributed by atoms with Crippen LogP contribution in [-0.2, 0) is 9.53 Å². The van der Waals surface area contributed by atoms with Crippen molar-refractivity contribution in [2.24, 2.45) is 5.92 Å². The summed E-state index contributed by atoms with van der Waals surface area (Å²) in [7, 11) is 0. The van der Waals surface area contributed by atoms with Crippen LogP contribution in [0.25, 0.3) is 0 Å². The van der Waals surface area contributed by atoms with E-state index in [1.165, 1.54) is 0 Å². The normalized spacial score (nSPS) is 26.0. The summed E-state index contributed by atoms with van der Waals surface area (Å²) in [5.41, 5.74) is 0. The number of ether oxygens (including phenoxy) is 1. The van der Waals surface area contributed by atoms with Gasteiger partial charge in [-0.1, -0.05) is 13.3 Å². The van der Waals surface area contributed by atoms with Gasteiger partial charge in [0.25, 0.3) is 0 Å². The molecule has 3 atom stereocenters. The predicted octanol–water partition coefficient (Wildman–Crippen LogP) is 1.03. The smallest absolute Gasteiger partial charge is 0.309 e. The van der Waals surface area contributed by atoms with Gasteiger partial charge in [-0.15, -0.1) is 0 Å². The average Bonchev–Trinajstić information content (AvgIpc) is 2.65. The van der Waals surface area contributed by atoms with Crippen molar-refractivity contribution in [3.8, 4) is 0 Å². The van der Waals surface area contributed by atoms with E-state index in [-0.39, 0.29) is 6.10 Å². The maximum Gasteiger partial charge on any atom is 0.309 e. The molecule has 14 heavy (non-hydrogen) atoms. The van der Waals surface area contributed by atoms with Crippen LogP contribution >= 0.6 is 0 Å². The predicted molar refractivity (Wildman–Crippen MR) is 51.0 cm³/mol. The third kappa shape index (κ3) is 2.69. The van der Waals surface area contributed by atoms with Crippen molar-refractivity contribution >= 4 is 5.97 Å². The minimum atomic E-state index is -0.921. The molecule has 4 nitrogen and oxygen atoms in total. The molecule has 1 heterocycles. The summed E-state index contributed by atoms with van der Waals surface area (Å²) in [6.07, 6.45) is 1.84. The molecule has 0 radical (unpaired) electrons. The molecule has 1 saturated heterocycles. The Labute approximate surface area is 83.9 Å². The molecule has 1 aliphatic heterocycles. The number of aliphatic hydroxyl groups is 1. The van der Waals surface area contributed by atoms with E-state index in [0.717, 1.165) is 19.3 Å². The lowest BCUT2D eigenvalue weighted by Crippen LogP contribution is -2.37. The highest BCUT2D eigenvalue weighted by molar-refractivity contribution is 5.70. The maximum atomic E-state index is 10.9. The summed E-state index contributed by atoms with van der Waals surface area (Å²) in [4.78, 5) is 10.9. The molecule has 82 valence electrons. The van der Waals surface area contributed by atoms with E-state index in [0.29, 0.717) is 13.0 Å². The molecule has 0 aromatic heterocycles. The van der Waals surface area contributed by atoms with Crippen LogP contribution in [0.5, 0.6) is 0 Å². The highest BCUT2D eigenvalue weighted by Crippen LogP contribution is 2.23. The topological polar surface area (TPSA) is 66.8 Å². The van der Waals surface area contributed by atoms with E-state index in [2.05, 4.69) is 0 Å². The molecule has 0 aromatic rings. The molecule has 2 N–H and O–H groups in total. The molecule has 4 heteroatoms. The number of hydrogen-bond acceptors (Lipinski definition) is 3. The standard InChI is InChI=1S/C10H18O4/c1-2-4-7(10(12)13)9(11)8-5-3-6-14-8/h7-9,11H,2-6H2,1H3,(H,12,13). The lowest BCUT2D eigenvalue weighted by molar-refractivity contribution is -0.150. The zero-order chi connectivity index (χ0) is 10.6. The quantitative estimate of drug-likeness (QED) is 0.698. The lowest BCUT2D eigenvalue weighted by atomic mass is 9.92. The first-order valence-electron chi connectivity index (χ1n) is 5.19. The number of aliphatic carboxylic acids is 1. The molecule has 1 rings (SSSR count). The van der Waals surface area contributed by atoms with Gasteiger partial charge in [0, 0.05) is 6.61 Å². The summed E-state index contributed by atoms with van der Waals surface area (Å²) < 4.78 is 5.28. The van der Waals surface area contributed by atoms with Gasteiger partial charge in [-0.05, 0) is 19.3 Å². The molecule has 0 aliphatic carbocycles. The van der Waals surface area contributed by atoms with Crippen molar-refractivity contribution in [3.63, 3.8) is 0 Å². The molecule has 0 saturated carbocycles. The number of carboxylic acids is 1. The number of carboxylic acid groups (broad SMARTS) is 1. The van der Waals surface area contributed by atoms with Crippen molar-refractivity contribution in [3.05, 3.63) is 0 Å². The fourth-order valence-corrected chi connectivity index (χ4v) is 1.88. The van der Waals surface area contributed by atoms with Crippen LogP contribution < -0.4 is 0 Å². The van der Waals surface area contributed by atoms with Gasteiger partial charge < -0.3 is 14.9 Å². The van der Waals surface area contributed by atoms with Gasteiger partial charge in [0.2, 0.25) is 0 Å². The minimum absolute atomic E-state index is 0.275. The van der Waals surface area contributed by atoms with E-state index in [9.17, 15) is 9.90 Å². The SMILES string of the molecule is CCCC(C(=O)O)C(O)C1CCCO1. The van der Waals surface area contributed by atoms with E-state index in [1.807, 2.05) is 6.92 Å². The molecule has 0 bridgehead atoms. The van der Waals surface area contributed by atoms with Gasteiger partial charge >= 0.3 is 5.97 Å². The van der Waals surface area contributed by atoms with Gasteiger partial charge in [0.1, 0.15) is 0 Å². The molecule has 0 aromatic carbocycles. The van der Waals surface area contributed by atoms with Crippen LogP contribution in [0, 0.1) is 5.92 Å². The van der Waals surface area contributed by atoms with E-state index in [1.54, 1.807) is 0 Å². The number of hydrogen-bond donors (Lipinski definition) is 2.